The molecular weight excluding hydrogens is 328 g/mol. The number of anilines is 1. The van der Waals surface area contributed by atoms with Crippen LogP contribution in [0.1, 0.15) is 32.1 Å². The number of carbonyl (C=O) groups is 1. The highest BCUT2D eigenvalue weighted by Crippen LogP contribution is 2.26. The summed E-state index contributed by atoms with van der Waals surface area (Å²) in [5, 5.41) is 15.8. The minimum absolute atomic E-state index is 0.0414. The zero-order chi connectivity index (χ0) is 18.4. The molecule has 1 saturated carbocycles. The van der Waals surface area contributed by atoms with Crippen molar-refractivity contribution in [3.8, 4) is 6.07 Å². The molecule has 26 heavy (non-hydrogen) atoms. The number of nitriles is 1. The van der Waals surface area contributed by atoms with Crippen LogP contribution in [0.2, 0.25) is 0 Å². The highest BCUT2D eigenvalue weighted by molar-refractivity contribution is 5.79. The summed E-state index contributed by atoms with van der Waals surface area (Å²) in [6.45, 7) is 8.81. The molecule has 0 unspecified atom stereocenters. The fraction of sp³-hybridized carbons (Fsp3) is 0.579. The Hall–Kier alpha value is -2.64. The molecule has 7 heteroatoms. The van der Waals surface area contributed by atoms with E-state index < -0.39 is 0 Å². The number of nitrogens with zero attached hydrogens (tertiary/aromatic N) is 4. The van der Waals surface area contributed by atoms with Gasteiger partial charge in [-0.25, -0.2) is 4.85 Å². The molecule has 0 radical (unpaired) electrons. The monoisotopic (exact) mass is 352 g/mol. The predicted octanol–water partition coefficient (Wildman–Crippen LogP) is 2.32. The second kappa shape index (κ2) is 8.64. The van der Waals surface area contributed by atoms with Crippen molar-refractivity contribution in [2.45, 2.75) is 44.2 Å². The third kappa shape index (κ3) is 4.50. The number of likely N-dealkylation sites (tertiary alicyclic amines) is 1. The van der Waals surface area contributed by atoms with Crippen molar-refractivity contribution in [2.75, 3.05) is 25.0 Å². The number of nitrogens with one attached hydrogen (secondary N) is 2. The molecule has 1 aromatic rings. The summed E-state index contributed by atoms with van der Waals surface area (Å²) in [6.07, 6.45) is 6.50. The van der Waals surface area contributed by atoms with Crippen LogP contribution in [0.3, 0.4) is 0 Å². The van der Waals surface area contributed by atoms with E-state index in [-0.39, 0.29) is 11.9 Å². The maximum absolute atomic E-state index is 12.3. The molecule has 0 aromatic carbocycles. The second-order valence-electron chi connectivity index (χ2n) is 7.03. The number of amides is 1. The SMILES string of the molecule is [C-]#[N+]c1ccc(NC[C@H]2CC[C@@H](NCC(=O)N3CCC[C@H]3C#N)C2)nc1. The minimum Gasteiger partial charge on any atom is -0.370 e. The number of aromatic nitrogens is 1. The molecule has 3 rings (SSSR count). The van der Waals surface area contributed by atoms with E-state index in [0.717, 1.165) is 44.5 Å². The fourth-order valence-electron chi connectivity index (χ4n) is 3.78. The first kappa shape index (κ1) is 18.2. The van der Waals surface area contributed by atoms with Crippen LogP contribution in [0.5, 0.6) is 0 Å². The van der Waals surface area contributed by atoms with Crippen molar-refractivity contribution in [3.63, 3.8) is 0 Å². The number of hydrogen-bond donors (Lipinski definition) is 2. The van der Waals surface area contributed by atoms with Crippen LogP contribution >= 0.6 is 0 Å². The zero-order valence-electron chi connectivity index (χ0n) is 14.8. The third-order valence-electron chi connectivity index (χ3n) is 5.25. The van der Waals surface area contributed by atoms with Gasteiger partial charge < -0.3 is 15.5 Å². The number of rotatable bonds is 6. The van der Waals surface area contributed by atoms with Crippen LogP contribution in [0.25, 0.3) is 4.85 Å². The van der Waals surface area contributed by atoms with E-state index in [4.69, 9.17) is 11.8 Å². The summed E-state index contributed by atoms with van der Waals surface area (Å²) in [7, 11) is 0. The third-order valence-corrected chi connectivity index (χ3v) is 5.25. The van der Waals surface area contributed by atoms with Gasteiger partial charge in [0.1, 0.15) is 11.9 Å². The molecule has 0 spiro atoms. The first-order valence-electron chi connectivity index (χ1n) is 9.19. The summed E-state index contributed by atoms with van der Waals surface area (Å²) in [6, 6.07) is 5.92. The van der Waals surface area contributed by atoms with E-state index in [1.165, 1.54) is 0 Å². The molecule has 1 amide bonds. The van der Waals surface area contributed by atoms with E-state index >= 15 is 0 Å². The molecular formula is C19H24N6O. The maximum Gasteiger partial charge on any atom is 0.237 e. The summed E-state index contributed by atoms with van der Waals surface area (Å²) < 4.78 is 0. The molecule has 2 N–H and O–H groups in total. The Morgan fingerprint density at radius 3 is 3.04 bits per heavy atom. The van der Waals surface area contributed by atoms with Crippen molar-refractivity contribution in [2.24, 2.45) is 5.92 Å². The Morgan fingerprint density at radius 1 is 1.42 bits per heavy atom. The van der Waals surface area contributed by atoms with Gasteiger partial charge in [-0.05, 0) is 44.1 Å². The first-order valence-corrected chi connectivity index (χ1v) is 9.19. The van der Waals surface area contributed by atoms with E-state index in [2.05, 4.69) is 26.5 Å². The van der Waals surface area contributed by atoms with Crippen LogP contribution in [-0.2, 0) is 4.79 Å². The van der Waals surface area contributed by atoms with Crippen molar-refractivity contribution >= 4 is 17.4 Å². The molecule has 2 heterocycles. The van der Waals surface area contributed by atoms with E-state index in [0.29, 0.717) is 30.7 Å². The highest BCUT2D eigenvalue weighted by Gasteiger charge is 2.30. The van der Waals surface area contributed by atoms with Crippen molar-refractivity contribution in [3.05, 3.63) is 29.7 Å². The Balaban J connectivity index is 1.38. The molecule has 1 aromatic heterocycles. The van der Waals surface area contributed by atoms with Crippen molar-refractivity contribution < 1.29 is 4.79 Å². The smallest absolute Gasteiger partial charge is 0.237 e. The minimum atomic E-state index is -0.244. The Morgan fingerprint density at radius 2 is 2.31 bits per heavy atom. The largest absolute Gasteiger partial charge is 0.370 e. The number of pyridine rings is 1. The maximum atomic E-state index is 12.3. The molecule has 3 atom stereocenters. The Kier molecular flexibility index (Phi) is 6.04. The van der Waals surface area contributed by atoms with Crippen molar-refractivity contribution in [1.82, 2.24) is 15.2 Å². The van der Waals surface area contributed by atoms with Gasteiger partial charge in [0.25, 0.3) is 0 Å². The molecule has 1 saturated heterocycles. The average molecular weight is 352 g/mol. The van der Waals surface area contributed by atoms with Gasteiger partial charge in [0, 0.05) is 25.3 Å². The van der Waals surface area contributed by atoms with Crippen molar-refractivity contribution in [1.29, 1.82) is 5.26 Å². The van der Waals surface area contributed by atoms with Gasteiger partial charge in [0.05, 0.1) is 19.2 Å². The lowest BCUT2D eigenvalue weighted by Crippen LogP contribution is -2.43. The van der Waals surface area contributed by atoms with Gasteiger partial charge in [-0.3, -0.25) is 9.78 Å². The van der Waals surface area contributed by atoms with Gasteiger partial charge >= 0.3 is 0 Å². The average Bonchev–Trinajstić information content (AvgIpc) is 3.34. The fourth-order valence-corrected chi connectivity index (χ4v) is 3.78. The van der Waals surface area contributed by atoms with Gasteiger partial charge in [0.2, 0.25) is 11.6 Å². The molecule has 2 fully saturated rings. The van der Waals surface area contributed by atoms with E-state index in [1.54, 1.807) is 17.2 Å². The van der Waals surface area contributed by atoms with Gasteiger partial charge in [-0.1, -0.05) is 6.07 Å². The molecule has 1 aliphatic carbocycles. The quantitative estimate of drug-likeness (QED) is 0.768. The first-order chi connectivity index (χ1) is 12.7. The highest BCUT2D eigenvalue weighted by atomic mass is 16.2. The lowest BCUT2D eigenvalue weighted by Gasteiger charge is -2.21. The van der Waals surface area contributed by atoms with Crippen LogP contribution in [0.15, 0.2) is 18.3 Å². The standard InChI is InChI=1S/C19H24N6O/c1-21-16-6-7-18(24-12-16)23-11-14-4-5-15(9-14)22-13-19(26)25-8-2-3-17(25)10-20/h6-7,12,14-15,17,22H,2-5,8-9,11,13H2,(H,23,24)/t14-,15+,17-/m0/s1. The van der Waals surface area contributed by atoms with Crippen LogP contribution in [0.4, 0.5) is 11.5 Å². The summed E-state index contributed by atoms with van der Waals surface area (Å²) in [5.74, 6) is 1.38. The van der Waals surface area contributed by atoms with Gasteiger partial charge in [0.15, 0.2) is 0 Å². The normalized spacial score (nSPS) is 24.8. The topological polar surface area (TPSA) is 85.4 Å². The molecule has 0 bridgehead atoms. The molecule has 7 nitrogen and oxygen atoms in total. The predicted molar refractivity (Wildman–Crippen MR) is 98.5 cm³/mol. The van der Waals surface area contributed by atoms with E-state index in [9.17, 15) is 4.79 Å². The molecule has 1 aliphatic heterocycles. The lowest BCUT2D eigenvalue weighted by atomic mass is 10.1. The molecule has 136 valence electrons. The Labute approximate surface area is 154 Å². The summed E-state index contributed by atoms with van der Waals surface area (Å²) in [4.78, 5) is 21.6. The van der Waals surface area contributed by atoms with Crippen LogP contribution < -0.4 is 10.6 Å². The van der Waals surface area contributed by atoms with Gasteiger partial charge in [-0.15, -0.1) is 0 Å². The summed E-state index contributed by atoms with van der Waals surface area (Å²) >= 11 is 0. The second-order valence-corrected chi connectivity index (χ2v) is 7.03. The number of carbonyl (C=O) groups excluding carboxylic acids is 1. The zero-order valence-corrected chi connectivity index (χ0v) is 14.8. The lowest BCUT2D eigenvalue weighted by molar-refractivity contribution is -0.130. The molecule has 2 aliphatic rings. The van der Waals surface area contributed by atoms with Gasteiger partial charge in [-0.2, -0.15) is 5.26 Å². The Bertz CT molecular complexity index is 704. The summed E-state index contributed by atoms with van der Waals surface area (Å²) in [5.41, 5.74) is 0.544. The van der Waals surface area contributed by atoms with Crippen LogP contribution in [0, 0.1) is 23.8 Å². The van der Waals surface area contributed by atoms with Crippen LogP contribution in [-0.4, -0.2) is 47.5 Å². The van der Waals surface area contributed by atoms with E-state index in [1.807, 2.05) is 6.07 Å². The number of hydrogen-bond acceptors (Lipinski definition) is 5.